The predicted octanol–water partition coefficient (Wildman–Crippen LogP) is 1.57. The highest BCUT2D eigenvalue weighted by Gasteiger charge is 2.15. The third kappa shape index (κ3) is 5.14. The molecule has 0 aliphatic heterocycles. The van der Waals surface area contributed by atoms with Gasteiger partial charge in [0.15, 0.2) is 11.3 Å². The summed E-state index contributed by atoms with van der Waals surface area (Å²) in [6.45, 7) is -0.641. The van der Waals surface area contributed by atoms with Crippen LogP contribution in [0.4, 0.5) is 5.69 Å². The lowest BCUT2D eigenvalue weighted by Crippen LogP contribution is -2.43. The molecule has 0 saturated heterocycles. The fourth-order valence-corrected chi connectivity index (χ4v) is 1.90. The van der Waals surface area contributed by atoms with Crippen molar-refractivity contribution in [1.29, 1.82) is 0 Å². The largest absolute Gasteiger partial charge is 0.450 e. The average Bonchev–Trinajstić information content (AvgIpc) is 3.04. The van der Waals surface area contributed by atoms with Gasteiger partial charge in [-0.05, 0) is 40.2 Å². The normalized spacial score (nSPS) is 9.96. The Kier molecular flexibility index (Phi) is 5.84. The highest BCUT2D eigenvalue weighted by molar-refractivity contribution is 9.10. The highest BCUT2D eigenvalue weighted by atomic mass is 79.9. The average molecular weight is 412 g/mol. The second-order valence-corrected chi connectivity index (χ2v) is 5.27. The number of carbonyl (C=O) groups is 3. The number of halogens is 1. The molecule has 10 nitrogen and oxygen atoms in total. The molecule has 2 aromatic rings. The van der Waals surface area contributed by atoms with E-state index >= 15 is 0 Å². The summed E-state index contributed by atoms with van der Waals surface area (Å²) in [7, 11) is 0. The number of esters is 1. The molecular formula is C14H10BrN3O7. The summed E-state index contributed by atoms with van der Waals surface area (Å²) in [4.78, 5) is 44.8. The Morgan fingerprint density at radius 1 is 1.12 bits per heavy atom. The Morgan fingerprint density at radius 2 is 1.80 bits per heavy atom. The van der Waals surface area contributed by atoms with Crippen molar-refractivity contribution in [3.63, 3.8) is 0 Å². The molecule has 0 bridgehead atoms. The van der Waals surface area contributed by atoms with Crippen LogP contribution >= 0.6 is 15.9 Å². The van der Waals surface area contributed by atoms with Gasteiger partial charge in [-0.25, -0.2) is 4.79 Å². The van der Waals surface area contributed by atoms with Crippen molar-refractivity contribution in [1.82, 2.24) is 10.9 Å². The summed E-state index contributed by atoms with van der Waals surface area (Å²) in [6.07, 6.45) is 0. The smallest absolute Gasteiger partial charge is 0.374 e. The summed E-state index contributed by atoms with van der Waals surface area (Å²) in [6, 6.07) is 7.62. The van der Waals surface area contributed by atoms with Crippen LogP contribution in [0.2, 0.25) is 0 Å². The Bertz CT molecular complexity index is 816. The van der Waals surface area contributed by atoms with E-state index in [9.17, 15) is 24.5 Å². The molecule has 0 atom stereocenters. The minimum Gasteiger partial charge on any atom is -0.450 e. The van der Waals surface area contributed by atoms with Crippen LogP contribution in [0.25, 0.3) is 0 Å². The second-order valence-electron chi connectivity index (χ2n) is 4.49. The maximum absolute atomic E-state index is 11.8. The van der Waals surface area contributed by atoms with Crippen LogP contribution in [0.3, 0.4) is 0 Å². The fourth-order valence-electron chi connectivity index (χ4n) is 1.60. The van der Waals surface area contributed by atoms with Crippen molar-refractivity contribution in [2.75, 3.05) is 6.61 Å². The van der Waals surface area contributed by atoms with Gasteiger partial charge in [-0.3, -0.25) is 30.6 Å². The van der Waals surface area contributed by atoms with Crippen molar-refractivity contribution in [2.45, 2.75) is 0 Å². The van der Waals surface area contributed by atoms with Crippen molar-refractivity contribution >= 4 is 39.4 Å². The number of hydrogen-bond acceptors (Lipinski definition) is 7. The lowest BCUT2D eigenvalue weighted by Gasteiger charge is -2.07. The quantitative estimate of drug-likeness (QED) is 0.431. The van der Waals surface area contributed by atoms with E-state index < -0.39 is 29.3 Å². The number of carbonyl (C=O) groups excluding carboxylic acids is 3. The van der Waals surface area contributed by atoms with Gasteiger partial charge in [0.25, 0.3) is 17.5 Å². The molecular weight excluding hydrogens is 402 g/mol. The van der Waals surface area contributed by atoms with Gasteiger partial charge in [-0.15, -0.1) is 0 Å². The molecule has 2 N–H and O–H groups in total. The first-order valence-electron chi connectivity index (χ1n) is 6.63. The van der Waals surface area contributed by atoms with Crippen LogP contribution in [0.15, 0.2) is 45.5 Å². The number of nitrogens with one attached hydrogen (secondary N) is 2. The number of nitro benzene ring substituents is 1. The number of furan rings is 1. The monoisotopic (exact) mass is 411 g/mol. The van der Waals surface area contributed by atoms with Gasteiger partial charge in [0, 0.05) is 17.7 Å². The maximum atomic E-state index is 11.8. The van der Waals surface area contributed by atoms with Crippen LogP contribution in [0.5, 0.6) is 0 Å². The molecule has 1 aromatic heterocycles. The first-order chi connectivity index (χ1) is 11.9. The molecule has 2 amide bonds. The molecule has 0 radical (unpaired) electrons. The molecule has 11 heteroatoms. The molecule has 0 saturated carbocycles. The number of nitrogens with zero attached hydrogens (tertiary/aromatic N) is 1. The zero-order valence-corrected chi connectivity index (χ0v) is 13.9. The second kappa shape index (κ2) is 8.06. The molecule has 0 unspecified atom stereocenters. The number of rotatable bonds is 5. The molecule has 2 rings (SSSR count). The van der Waals surface area contributed by atoms with E-state index in [0.29, 0.717) is 4.67 Å². The van der Waals surface area contributed by atoms with Gasteiger partial charge in [-0.1, -0.05) is 0 Å². The molecule has 25 heavy (non-hydrogen) atoms. The van der Waals surface area contributed by atoms with Crippen molar-refractivity contribution in [2.24, 2.45) is 0 Å². The van der Waals surface area contributed by atoms with E-state index in [-0.39, 0.29) is 17.0 Å². The first kappa shape index (κ1) is 18.1. The molecule has 0 spiro atoms. The predicted molar refractivity (Wildman–Crippen MR) is 85.4 cm³/mol. The molecule has 1 aromatic carbocycles. The summed E-state index contributed by atoms with van der Waals surface area (Å²) in [5.74, 6) is -2.41. The lowest BCUT2D eigenvalue weighted by atomic mass is 10.2. The maximum Gasteiger partial charge on any atom is 0.374 e. The Morgan fingerprint density at radius 3 is 2.36 bits per heavy atom. The molecule has 130 valence electrons. The zero-order valence-electron chi connectivity index (χ0n) is 12.4. The Hall–Kier alpha value is -3.21. The van der Waals surface area contributed by atoms with Gasteiger partial charge in [0.05, 0.1) is 4.92 Å². The van der Waals surface area contributed by atoms with Crippen molar-refractivity contribution in [3.05, 3.63) is 62.5 Å². The zero-order chi connectivity index (χ0) is 18.4. The number of hydrazine groups is 1. The summed E-state index contributed by atoms with van der Waals surface area (Å²) in [5, 5.41) is 10.5. The van der Waals surface area contributed by atoms with Crippen LogP contribution in [0.1, 0.15) is 20.9 Å². The molecule has 1 heterocycles. The number of benzene rings is 1. The first-order valence-corrected chi connectivity index (χ1v) is 7.42. The summed E-state index contributed by atoms with van der Waals surface area (Å²) >= 11 is 3.02. The van der Waals surface area contributed by atoms with E-state index in [0.717, 1.165) is 12.1 Å². The van der Waals surface area contributed by atoms with E-state index in [2.05, 4.69) is 21.4 Å². The standard InChI is InChI=1S/C14H10BrN3O7/c15-11-6-5-10(25-11)14(21)24-7-12(19)16-17-13(20)8-1-3-9(4-2-8)18(22)23/h1-6H,7H2,(H,16,19)(H,17,20). The van der Waals surface area contributed by atoms with Gasteiger partial charge >= 0.3 is 5.97 Å². The number of amides is 2. The fraction of sp³-hybridized carbons (Fsp3) is 0.0714. The third-order valence-electron chi connectivity index (χ3n) is 2.76. The van der Waals surface area contributed by atoms with Gasteiger partial charge in [0.1, 0.15) is 0 Å². The van der Waals surface area contributed by atoms with E-state index in [1.165, 1.54) is 24.3 Å². The number of hydrogen-bond donors (Lipinski definition) is 2. The van der Waals surface area contributed by atoms with E-state index in [1.807, 2.05) is 5.43 Å². The van der Waals surface area contributed by atoms with Gasteiger partial charge < -0.3 is 9.15 Å². The summed E-state index contributed by atoms with van der Waals surface area (Å²) in [5.41, 5.74) is 4.06. The van der Waals surface area contributed by atoms with Gasteiger partial charge in [-0.2, -0.15) is 0 Å². The van der Waals surface area contributed by atoms with Gasteiger partial charge in [0.2, 0.25) is 5.76 Å². The van der Waals surface area contributed by atoms with Crippen LogP contribution in [-0.2, 0) is 9.53 Å². The van der Waals surface area contributed by atoms with Crippen molar-refractivity contribution < 1.29 is 28.5 Å². The summed E-state index contributed by atoms with van der Waals surface area (Å²) < 4.78 is 9.98. The minimum atomic E-state index is -0.845. The molecule has 0 aliphatic rings. The topological polar surface area (TPSA) is 141 Å². The van der Waals surface area contributed by atoms with Crippen LogP contribution in [0, 0.1) is 10.1 Å². The number of nitro groups is 1. The molecule has 0 aliphatic carbocycles. The van der Waals surface area contributed by atoms with Crippen molar-refractivity contribution in [3.8, 4) is 0 Å². The SMILES string of the molecule is O=C(COC(=O)c1ccc(Br)o1)NNC(=O)c1ccc([N+](=O)[O-])cc1. The third-order valence-corrected chi connectivity index (χ3v) is 3.19. The van der Waals surface area contributed by atoms with E-state index in [4.69, 9.17) is 9.15 Å². The lowest BCUT2D eigenvalue weighted by molar-refractivity contribution is -0.384. The number of non-ortho nitro benzene ring substituents is 1. The Balaban J connectivity index is 1.78. The highest BCUT2D eigenvalue weighted by Crippen LogP contribution is 2.14. The minimum absolute atomic E-state index is 0.0883. The van der Waals surface area contributed by atoms with Crippen LogP contribution < -0.4 is 10.9 Å². The Labute approximate surface area is 148 Å². The number of ether oxygens (including phenoxy) is 1. The van der Waals surface area contributed by atoms with Crippen LogP contribution in [-0.4, -0.2) is 29.3 Å². The molecule has 0 fully saturated rings. The van der Waals surface area contributed by atoms with E-state index in [1.54, 1.807) is 0 Å².